The Hall–Kier alpha value is -0.160. The molecular weight excluding hydrogens is 326 g/mol. The molecule has 1 saturated carbocycles. The van der Waals surface area contributed by atoms with Crippen molar-refractivity contribution in [3.8, 4) is 0 Å². The maximum absolute atomic E-state index is 10.6. The first-order chi connectivity index (χ1) is 12.6. The summed E-state index contributed by atoms with van der Waals surface area (Å²) in [7, 11) is 2.05. The monoisotopic (exact) mass is 371 g/mol. The molecule has 0 amide bonds. The van der Waals surface area contributed by atoms with Crippen molar-refractivity contribution in [2.24, 2.45) is 0 Å². The molecule has 0 bridgehead atoms. The molecule has 156 valence electrons. The highest BCUT2D eigenvalue weighted by atomic mass is 16.5. The molecule has 0 aliphatic heterocycles. The molecular formula is C22H45NO3. The molecule has 0 aromatic heterocycles. The van der Waals surface area contributed by atoms with Crippen LogP contribution in [0.2, 0.25) is 0 Å². The number of nitrogens with zero attached hydrogens (tertiary/aromatic N) is 1. The van der Waals surface area contributed by atoms with E-state index in [1.54, 1.807) is 0 Å². The second-order valence-corrected chi connectivity index (χ2v) is 8.26. The van der Waals surface area contributed by atoms with E-state index in [1.165, 1.54) is 64.2 Å². The van der Waals surface area contributed by atoms with Gasteiger partial charge in [0.2, 0.25) is 0 Å². The van der Waals surface area contributed by atoms with Crippen molar-refractivity contribution in [1.82, 2.24) is 4.90 Å². The van der Waals surface area contributed by atoms with Gasteiger partial charge >= 0.3 is 0 Å². The summed E-state index contributed by atoms with van der Waals surface area (Å²) < 4.78 is 6.26. The van der Waals surface area contributed by atoms with Crippen molar-refractivity contribution < 1.29 is 14.9 Å². The summed E-state index contributed by atoms with van der Waals surface area (Å²) in [4.78, 5) is 2.17. The van der Waals surface area contributed by atoms with Gasteiger partial charge in [-0.05, 0) is 19.9 Å². The third-order valence-corrected chi connectivity index (χ3v) is 5.89. The summed E-state index contributed by atoms with van der Waals surface area (Å²) >= 11 is 0. The topological polar surface area (TPSA) is 52.9 Å². The van der Waals surface area contributed by atoms with Crippen molar-refractivity contribution in [2.75, 3.05) is 20.2 Å². The number of hydrogen-bond acceptors (Lipinski definition) is 4. The van der Waals surface area contributed by atoms with E-state index in [4.69, 9.17) is 4.74 Å². The second kappa shape index (κ2) is 13.9. The van der Waals surface area contributed by atoms with Crippen LogP contribution in [0.4, 0.5) is 0 Å². The van der Waals surface area contributed by atoms with E-state index in [0.29, 0.717) is 19.4 Å². The van der Waals surface area contributed by atoms with Gasteiger partial charge < -0.3 is 14.9 Å². The van der Waals surface area contributed by atoms with Crippen molar-refractivity contribution in [3.63, 3.8) is 0 Å². The Morgan fingerprint density at radius 3 is 1.92 bits per heavy atom. The highest BCUT2D eigenvalue weighted by Crippen LogP contribution is 2.37. The minimum Gasteiger partial charge on any atom is -0.393 e. The zero-order valence-corrected chi connectivity index (χ0v) is 17.7. The third kappa shape index (κ3) is 8.24. The molecule has 1 aliphatic carbocycles. The minimum absolute atomic E-state index is 0.428. The van der Waals surface area contributed by atoms with E-state index < -0.39 is 17.9 Å². The zero-order valence-electron chi connectivity index (χ0n) is 17.7. The average molecular weight is 372 g/mol. The van der Waals surface area contributed by atoms with Gasteiger partial charge in [-0.15, -0.1) is 0 Å². The number of rotatable bonds is 16. The summed E-state index contributed by atoms with van der Waals surface area (Å²) in [5, 5.41) is 20.7. The first-order valence-corrected chi connectivity index (χ1v) is 11.3. The summed E-state index contributed by atoms with van der Waals surface area (Å²) in [6.45, 7) is 6.08. The number of likely N-dealkylation sites (N-methyl/N-ethyl adjacent to an activating group) is 1. The lowest BCUT2D eigenvalue weighted by Crippen LogP contribution is -2.54. The molecule has 0 spiro atoms. The van der Waals surface area contributed by atoms with Crippen LogP contribution >= 0.6 is 0 Å². The number of aliphatic hydroxyl groups excluding tert-OH is 2. The lowest BCUT2D eigenvalue weighted by molar-refractivity contribution is -0.195. The Morgan fingerprint density at radius 2 is 1.38 bits per heavy atom. The molecule has 0 unspecified atom stereocenters. The Labute approximate surface area is 162 Å². The van der Waals surface area contributed by atoms with E-state index in [-0.39, 0.29) is 0 Å². The number of hydrogen-bond donors (Lipinski definition) is 2. The SMILES string of the molecule is CCCCCCCCCO[C@@]1(N(C)CCCCCCC)C[C@@H](O)C[C@H]1O. The van der Waals surface area contributed by atoms with Gasteiger partial charge in [-0.1, -0.05) is 78.1 Å². The lowest BCUT2D eigenvalue weighted by Gasteiger charge is -2.41. The van der Waals surface area contributed by atoms with Crippen molar-refractivity contribution >= 4 is 0 Å². The van der Waals surface area contributed by atoms with Crippen molar-refractivity contribution in [3.05, 3.63) is 0 Å². The van der Waals surface area contributed by atoms with Crippen molar-refractivity contribution in [2.45, 2.75) is 122 Å². The standard InChI is InChI=1S/C22H45NO3/c1-4-6-8-10-11-13-15-17-26-22(19-20(24)18-21(22)25)23(3)16-14-12-9-7-5-2/h20-21,24-25H,4-19H2,1-3H3/t20-,21+,22-/m0/s1. The van der Waals surface area contributed by atoms with E-state index >= 15 is 0 Å². The molecule has 1 aliphatic rings. The predicted octanol–water partition coefficient (Wildman–Crippen LogP) is 4.87. The van der Waals surface area contributed by atoms with E-state index in [0.717, 1.165) is 19.4 Å². The van der Waals surface area contributed by atoms with Crippen LogP contribution in [-0.4, -0.2) is 53.2 Å². The third-order valence-electron chi connectivity index (χ3n) is 5.89. The molecule has 0 saturated heterocycles. The Bertz CT molecular complexity index is 339. The van der Waals surface area contributed by atoms with Gasteiger partial charge in [0.1, 0.15) is 5.72 Å². The van der Waals surface area contributed by atoms with Gasteiger partial charge in [0.05, 0.1) is 12.2 Å². The summed E-state index contributed by atoms with van der Waals surface area (Å²) in [5.74, 6) is 0. The summed E-state index contributed by atoms with van der Waals surface area (Å²) in [6.07, 6.45) is 14.9. The number of unbranched alkanes of at least 4 members (excludes halogenated alkanes) is 10. The Morgan fingerprint density at radius 1 is 0.846 bits per heavy atom. The zero-order chi connectivity index (χ0) is 19.3. The van der Waals surface area contributed by atoms with Crippen LogP contribution in [0, 0.1) is 0 Å². The van der Waals surface area contributed by atoms with Crippen LogP contribution in [0.1, 0.15) is 104 Å². The molecule has 0 aromatic carbocycles. The van der Waals surface area contributed by atoms with Gasteiger partial charge in [0.25, 0.3) is 0 Å². The molecule has 4 heteroatoms. The van der Waals surface area contributed by atoms with Gasteiger partial charge in [-0.2, -0.15) is 0 Å². The molecule has 3 atom stereocenters. The van der Waals surface area contributed by atoms with E-state index in [2.05, 4.69) is 18.7 Å². The predicted molar refractivity (Wildman–Crippen MR) is 109 cm³/mol. The maximum Gasteiger partial charge on any atom is 0.150 e. The molecule has 0 aromatic rings. The van der Waals surface area contributed by atoms with Crippen LogP contribution in [-0.2, 0) is 4.74 Å². The molecule has 4 nitrogen and oxygen atoms in total. The second-order valence-electron chi connectivity index (χ2n) is 8.26. The highest BCUT2D eigenvalue weighted by Gasteiger charge is 2.50. The first-order valence-electron chi connectivity index (χ1n) is 11.3. The normalized spacial score (nSPS) is 26.1. The first kappa shape index (κ1) is 23.9. The molecule has 1 fully saturated rings. The molecule has 26 heavy (non-hydrogen) atoms. The summed E-state index contributed by atoms with van der Waals surface area (Å²) in [5.41, 5.74) is -0.688. The van der Waals surface area contributed by atoms with Crippen molar-refractivity contribution in [1.29, 1.82) is 0 Å². The fraction of sp³-hybridized carbons (Fsp3) is 1.00. The minimum atomic E-state index is -0.688. The molecule has 2 N–H and O–H groups in total. The Kier molecular flexibility index (Phi) is 12.8. The lowest BCUT2D eigenvalue weighted by atomic mass is 10.1. The van der Waals surface area contributed by atoms with Crippen LogP contribution in [0.15, 0.2) is 0 Å². The Balaban J connectivity index is 2.36. The van der Waals surface area contributed by atoms with Gasteiger partial charge in [-0.3, -0.25) is 4.90 Å². The van der Waals surface area contributed by atoms with E-state index in [9.17, 15) is 10.2 Å². The quantitative estimate of drug-likeness (QED) is 0.300. The van der Waals surface area contributed by atoms with Crippen LogP contribution in [0.5, 0.6) is 0 Å². The maximum atomic E-state index is 10.6. The van der Waals surface area contributed by atoms with E-state index in [1.807, 2.05) is 7.05 Å². The smallest absolute Gasteiger partial charge is 0.150 e. The fourth-order valence-corrected chi connectivity index (χ4v) is 4.12. The van der Waals surface area contributed by atoms with Crippen LogP contribution < -0.4 is 0 Å². The molecule has 1 rings (SSSR count). The number of ether oxygens (including phenoxy) is 1. The van der Waals surface area contributed by atoms with Gasteiger partial charge in [-0.25, -0.2) is 0 Å². The highest BCUT2D eigenvalue weighted by molar-refractivity contribution is 4.97. The largest absolute Gasteiger partial charge is 0.393 e. The van der Waals surface area contributed by atoms with Crippen LogP contribution in [0.3, 0.4) is 0 Å². The molecule has 0 heterocycles. The fourth-order valence-electron chi connectivity index (χ4n) is 4.12. The van der Waals surface area contributed by atoms with Crippen LogP contribution in [0.25, 0.3) is 0 Å². The van der Waals surface area contributed by atoms with Gasteiger partial charge in [0.15, 0.2) is 0 Å². The van der Waals surface area contributed by atoms with Gasteiger partial charge in [0, 0.05) is 26.0 Å². The molecule has 0 radical (unpaired) electrons. The number of aliphatic hydroxyl groups is 2. The average Bonchev–Trinajstić information content (AvgIpc) is 2.91. The summed E-state index contributed by atoms with van der Waals surface area (Å²) in [6, 6.07) is 0.